The minimum Gasteiger partial charge on any atom is -0.457 e. The Balaban J connectivity index is 2.22. The summed E-state index contributed by atoms with van der Waals surface area (Å²) in [5.41, 5.74) is 1.23. The van der Waals surface area contributed by atoms with Crippen LogP contribution in [0.4, 0.5) is 5.69 Å². The lowest BCUT2D eigenvalue weighted by atomic mass is 10.1. The molecule has 0 fully saturated rings. The van der Waals surface area contributed by atoms with Gasteiger partial charge in [0.15, 0.2) is 6.29 Å². The van der Waals surface area contributed by atoms with Crippen LogP contribution in [-0.4, -0.2) is 11.2 Å². The summed E-state index contributed by atoms with van der Waals surface area (Å²) >= 11 is 0. The van der Waals surface area contributed by atoms with Gasteiger partial charge in [-0.15, -0.1) is 0 Å². The van der Waals surface area contributed by atoms with Crippen LogP contribution in [0.25, 0.3) is 0 Å². The number of carbonyl (C=O) groups is 1. The van der Waals surface area contributed by atoms with Crippen molar-refractivity contribution in [3.8, 4) is 11.5 Å². The van der Waals surface area contributed by atoms with Gasteiger partial charge in [-0.1, -0.05) is 25.5 Å². The van der Waals surface area contributed by atoms with Gasteiger partial charge in [0.2, 0.25) is 0 Å². The molecule has 2 aromatic rings. The second kappa shape index (κ2) is 6.65. The summed E-state index contributed by atoms with van der Waals surface area (Å²) in [6.07, 6.45) is 2.61. The first kappa shape index (κ1) is 14.7. The Hall–Kier alpha value is -2.69. The molecule has 0 spiro atoms. The van der Waals surface area contributed by atoms with Crippen LogP contribution in [0.2, 0.25) is 0 Å². The van der Waals surface area contributed by atoms with Gasteiger partial charge in [-0.25, -0.2) is 0 Å². The van der Waals surface area contributed by atoms with Crippen molar-refractivity contribution in [2.45, 2.75) is 19.8 Å². The largest absolute Gasteiger partial charge is 0.457 e. The fourth-order valence-electron chi connectivity index (χ4n) is 1.97. The van der Waals surface area contributed by atoms with E-state index in [4.69, 9.17) is 4.74 Å². The van der Waals surface area contributed by atoms with E-state index < -0.39 is 4.92 Å². The van der Waals surface area contributed by atoms with E-state index in [1.807, 2.05) is 24.3 Å². The Morgan fingerprint density at radius 1 is 1.19 bits per heavy atom. The number of rotatable bonds is 6. The highest BCUT2D eigenvalue weighted by Crippen LogP contribution is 2.28. The maximum atomic E-state index is 11.0. The van der Waals surface area contributed by atoms with Gasteiger partial charge >= 0.3 is 0 Å². The van der Waals surface area contributed by atoms with Crippen LogP contribution in [0.5, 0.6) is 11.5 Å². The van der Waals surface area contributed by atoms with Crippen molar-refractivity contribution < 1.29 is 14.5 Å². The molecule has 0 amide bonds. The SMILES string of the molecule is CCCc1ccc(Oc2ccc([N+](=O)[O-])cc2C=O)cc1. The molecule has 0 radical (unpaired) electrons. The van der Waals surface area contributed by atoms with Gasteiger partial charge in [-0.05, 0) is 30.2 Å². The molecule has 0 N–H and O–H groups in total. The Labute approximate surface area is 122 Å². The number of carbonyl (C=O) groups excluding carboxylic acids is 1. The molecule has 2 aromatic carbocycles. The molecule has 0 unspecified atom stereocenters. The van der Waals surface area contributed by atoms with E-state index >= 15 is 0 Å². The minimum absolute atomic E-state index is 0.136. The zero-order chi connectivity index (χ0) is 15.2. The third-order valence-corrected chi connectivity index (χ3v) is 3.02. The van der Waals surface area contributed by atoms with E-state index in [0.29, 0.717) is 17.8 Å². The van der Waals surface area contributed by atoms with Crippen LogP contribution in [0, 0.1) is 10.1 Å². The average molecular weight is 285 g/mol. The van der Waals surface area contributed by atoms with Crippen molar-refractivity contribution in [1.82, 2.24) is 0 Å². The number of aldehydes is 1. The van der Waals surface area contributed by atoms with E-state index in [-0.39, 0.29) is 11.3 Å². The summed E-state index contributed by atoms with van der Waals surface area (Å²) in [5.74, 6) is 0.894. The summed E-state index contributed by atoms with van der Waals surface area (Å²) < 4.78 is 5.61. The molecule has 0 saturated carbocycles. The number of nitro groups is 1. The molecular weight excluding hydrogens is 270 g/mol. The lowest BCUT2D eigenvalue weighted by molar-refractivity contribution is -0.384. The van der Waals surface area contributed by atoms with Gasteiger partial charge in [0.05, 0.1) is 10.5 Å². The van der Waals surface area contributed by atoms with E-state index in [1.54, 1.807) is 0 Å². The lowest BCUT2D eigenvalue weighted by Gasteiger charge is -2.08. The molecule has 5 nitrogen and oxygen atoms in total. The Bertz CT molecular complexity index is 650. The zero-order valence-corrected chi connectivity index (χ0v) is 11.6. The topological polar surface area (TPSA) is 69.4 Å². The van der Waals surface area contributed by atoms with Crippen molar-refractivity contribution in [3.05, 3.63) is 63.7 Å². The van der Waals surface area contributed by atoms with Crippen molar-refractivity contribution in [3.63, 3.8) is 0 Å². The van der Waals surface area contributed by atoms with Gasteiger partial charge in [0.1, 0.15) is 11.5 Å². The number of hydrogen-bond donors (Lipinski definition) is 0. The number of non-ortho nitro benzene ring substituents is 1. The van der Waals surface area contributed by atoms with Crippen LogP contribution in [0.15, 0.2) is 42.5 Å². The quantitative estimate of drug-likeness (QED) is 0.454. The monoisotopic (exact) mass is 285 g/mol. The number of nitrogens with zero attached hydrogens (tertiary/aromatic N) is 1. The van der Waals surface area contributed by atoms with E-state index in [9.17, 15) is 14.9 Å². The number of ether oxygens (including phenoxy) is 1. The van der Waals surface area contributed by atoms with Crippen molar-refractivity contribution >= 4 is 12.0 Å². The fraction of sp³-hybridized carbons (Fsp3) is 0.188. The summed E-state index contributed by atoms with van der Waals surface area (Å²) in [4.78, 5) is 21.2. The molecule has 0 aliphatic rings. The average Bonchev–Trinajstić information content (AvgIpc) is 2.49. The van der Waals surface area contributed by atoms with E-state index in [2.05, 4.69) is 6.92 Å². The van der Waals surface area contributed by atoms with Crippen LogP contribution < -0.4 is 4.74 Å². The predicted molar refractivity (Wildman–Crippen MR) is 79.0 cm³/mol. The molecule has 0 atom stereocenters. The number of aryl methyl sites for hydroxylation is 1. The standard InChI is InChI=1S/C16H15NO4/c1-2-3-12-4-7-15(8-5-12)21-16-9-6-14(17(19)20)10-13(16)11-18/h4-11H,2-3H2,1H3. The van der Waals surface area contributed by atoms with Crippen molar-refractivity contribution in [1.29, 1.82) is 0 Å². The third-order valence-electron chi connectivity index (χ3n) is 3.02. The number of hydrogen-bond acceptors (Lipinski definition) is 4. The maximum absolute atomic E-state index is 11.0. The lowest BCUT2D eigenvalue weighted by Crippen LogP contribution is -1.94. The highest BCUT2D eigenvalue weighted by Gasteiger charge is 2.11. The Morgan fingerprint density at radius 2 is 1.90 bits per heavy atom. The van der Waals surface area contributed by atoms with Crippen molar-refractivity contribution in [2.24, 2.45) is 0 Å². The normalized spacial score (nSPS) is 10.1. The summed E-state index contributed by atoms with van der Waals surface area (Å²) in [6, 6.07) is 11.5. The molecule has 0 saturated heterocycles. The van der Waals surface area contributed by atoms with Crippen LogP contribution in [0.1, 0.15) is 29.3 Å². The molecule has 0 aliphatic carbocycles. The summed E-state index contributed by atoms with van der Waals surface area (Å²) in [6.45, 7) is 2.11. The molecule has 2 rings (SSSR count). The molecule has 0 heterocycles. The highest BCUT2D eigenvalue weighted by atomic mass is 16.6. The predicted octanol–water partition coefficient (Wildman–Crippen LogP) is 4.15. The van der Waals surface area contributed by atoms with E-state index in [1.165, 1.54) is 23.8 Å². The first-order chi connectivity index (χ1) is 10.1. The number of nitro benzene ring substituents is 1. The molecule has 0 bridgehead atoms. The molecule has 108 valence electrons. The highest BCUT2D eigenvalue weighted by molar-refractivity contribution is 5.80. The molecule has 0 aliphatic heterocycles. The van der Waals surface area contributed by atoms with Gasteiger partial charge in [0.25, 0.3) is 5.69 Å². The Morgan fingerprint density at radius 3 is 2.48 bits per heavy atom. The third kappa shape index (κ3) is 3.66. The molecule has 0 aromatic heterocycles. The van der Waals surface area contributed by atoms with Crippen molar-refractivity contribution in [2.75, 3.05) is 0 Å². The van der Waals surface area contributed by atoms with E-state index in [0.717, 1.165) is 12.8 Å². The van der Waals surface area contributed by atoms with Gasteiger partial charge in [-0.3, -0.25) is 14.9 Å². The Kier molecular flexibility index (Phi) is 4.66. The van der Waals surface area contributed by atoms with Crippen LogP contribution in [-0.2, 0) is 6.42 Å². The van der Waals surface area contributed by atoms with Gasteiger partial charge in [-0.2, -0.15) is 0 Å². The minimum atomic E-state index is -0.545. The summed E-state index contributed by atoms with van der Waals surface area (Å²) in [7, 11) is 0. The van der Waals surface area contributed by atoms with Crippen LogP contribution in [0.3, 0.4) is 0 Å². The fourth-order valence-corrected chi connectivity index (χ4v) is 1.97. The smallest absolute Gasteiger partial charge is 0.270 e. The number of benzene rings is 2. The second-order valence-corrected chi connectivity index (χ2v) is 4.59. The first-order valence-electron chi connectivity index (χ1n) is 6.64. The molecular formula is C16H15NO4. The summed E-state index contributed by atoms with van der Waals surface area (Å²) in [5, 5.41) is 10.7. The maximum Gasteiger partial charge on any atom is 0.270 e. The van der Waals surface area contributed by atoms with Crippen LogP contribution >= 0.6 is 0 Å². The zero-order valence-electron chi connectivity index (χ0n) is 11.6. The van der Waals surface area contributed by atoms with Gasteiger partial charge < -0.3 is 4.74 Å². The second-order valence-electron chi connectivity index (χ2n) is 4.59. The first-order valence-corrected chi connectivity index (χ1v) is 6.64. The molecule has 5 heteroatoms. The van der Waals surface area contributed by atoms with Gasteiger partial charge in [0, 0.05) is 12.1 Å². The molecule has 21 heavy (non-hydrogen) atoms.